The van der Waals surface area contributed by atoms with E-state index in [1.165, 1.54) is 16.9 Å². The summed E-state index contributed by atoms with van der Waals surface area (Å²) in [5.74, 6) is -0.303. The Morgan fingerprint density at radius 1 is 1.07 bits per heavy atom. The number of rotatable bonds is 11. The molecule has 0 atom stereocenters. The van der Waals surface area contributed by atoms with Crippen molar-refractivity contribution in [3.8, 4) is 0 Å². The quantitative estimate of drug-likeness (QED) is 0.535. The Hall–Kier alpha value is -2.21. The number of carbonyl (C=O) groups excluding carboxylic acids is 2. The van der Waals surface area contributed by atoms with Crippen LogP contribution in [0.25, 0.3) is 0 Å². The Kier molecular flexibility index (Phi) is 9.14. The molecule has 28 heavy (non-hydrogen) atoms. The van der Waals surface area contributed by atoms with E-state index < -0.39 is 0 Å². The van der Waals surface area contributed by atoms with Crippen LogP contribution in [0.2, 0.25) is 0 Å². The van der Waals surface area contributed by atoms with Crippen LogP contribution >= 0.6 is 11.3 Å². The van der Waals surface area contributed by atoms with Gasteiger partial charge in [0.25, 0.3) is 5.91 Å². The van der Waals surface area contributed by atoms with Gasteiger partial charge in [0, 0.05) is 23.2 Å². The van der Waals surface area contributed by atoms with Crippen LogP contribution in [0.15, 0.2) is 30.5 Å². The van der Waals surface area contributed by atoms with Gasteiger partial charge in [-0.05, 0) is 43.9 Å². The maximum absolute atomic E-state index is 13.0. The summed E-state index contributed by atoms with van der Waals surface area (Å²) in [6.45, 7) is 6.86. The second-order valence-corrected chi connectivity index (χ2v) is 8.29. The maximum atomic E-state index is 13.0. The number of nitrogens with one attached hydrogen (secondary N) is 1. The maximum Gasteiger partial charge on any atom is 0.254 e. The molecule has 1 heterocycles. The van der Waals surface area contributed by atoms with E-state index >= 15 is 0 Å². The summed E-state index contributed by atoms with van der Waals surface area (Å²) in [5, 5.41) is 3.37. The number of hydrogen-bond acceptors (Lipinski definition) is 4. The number of thiazole rings is 1. The van der Waals surface area contributed by atoms with E-state index in [1.807, 2.05) is 31.2 Å². The minimum absolute atomic E-state index is 0.0404. The number of benzene rings is 1. The van der Waals surface area contributed by atoms with Gasteiger partial charge in [-0.3, -0.25) is 9.59 Å². The van der Waals surface area contributed by atoms with Gasteiger partial charge in [-0.25, -0.2) is 4.98 Å². The molecule has 2 amide bonds. The first-order valence-electron chi connectivity index (χ1n) is 10.1. The Labute approximate surface area is 172 Å². The second kappa shape index (κ2) is 11.6. The van der Waals surface area contributed by atoms with Crippen LogP contribution in [0.3, 0.4) is 0 Å². The lowest BCUT2D eigenvalue weighted by Gasteiger charge is -2.22. The van der Waals surface area contributed by atoms with Gasteiger partial charge in [0.2, 0.25) is 5.91 Å². The van der Waals surface area contributed by atoms with E-state index in [-0.39, 0.29) is 18.4 Å². The van der Waals surface area contributed by atoms with E-state index in [4.69, 9.17) is 0 Å². The lowest BCUT2D eigenvalue weighted by molar-refractivity contribution is -0.116. The first-order chi connectivity index (χ1) is 13.5. The number of aromatic nitrogens is 1. The zero-order valence-corrected chi connectivity index (χ0v) is 18.0. The normalized spacial score (nSPS) is 10.7. The summed E-state index contributed by atoms with van der Waals surface area (Å²) in [7, 11) is 0. The first-order valence-corrected chi connectivity index (χ1v) is 11.0. The SMILES string of the molecule is CCCCCN(CC(=O)Nc1ncc(C)s1)C(=O)c1ccc(CCCC)cc1. The van der Waals surface area contributed by atoms with Crippen molar-refractivity contribution >= 4 is 28.3 Å². The Morgan fingerprint density at radius 2 is 1.79 bits per heavy atom. The topological polar surface area (TPSA) is 62.3 Å². The molecule has 1 aromatic heterocycles. The van der Waals surface area contributed by atoms with E-state index in [0.29, 0.717) is 17.2 Å². The van der Waals surface area contributed by atoms with Gasteiger partial charge in [-0.15, -0.1) is 11.3 Å². The number of anilines is 1. The van der Waals surface area contributed by atoms with Gasteiger partial charge in [0.15, 0.2) is 5.13 Å². The van der Waals surface area contributed by atoms with E-state index in [9.17, 15) is 9.59 Å². The predicted molar refractivity (Wildman–Crippen MR) is 116 cm³/mol. The molecule has 2 rings (SSSR count). The molecular weight excluding hydrogens is 370 g/mol. The molecule has 6 heteroatoms. The Morgan fingerprint density at radius 3 is 2.39 bits per heavy atom. The van der Waals surface area contributed by atoms with Gasteiger partial charge >= 0.3 is 0 Å². The van der Waals surface area contributed by atoms with Crippen molar-refractivity contribution in [2.45, 2.75) is 59.3 Å². The standard InChI is InChI=1S/C22H31N3O2S/c1-4-6-8-14-25(16-20(26)24-22-23-15-17(3)28-22)21(27)19-12-10-18(11-13-19)9-7-5-2/h10-13,15H,4-9,14,16H2,1-3H3,(H,23,24,26). The number of nitrogens with zero attached hydrogens (tertiary/aromatic N) is 2. The Bertz CT molecular complexity index is 755. The average Bonchev–Trinajstić information content (AvgIpc) is 3.10. The molecule has 0 saturated heterocycles. The zero-order chi connectivity index (χ0) is 20.4. The van der Waals surface area contributed by atoms with Gasteiger partial charge in [0.1, 0.15) is 6.54 Å². The molecule has 2 aromatic rings. The van der Waals surface area contributed by atoms with Crippen LogP contribution in [0.5, 0.6) is 0 Å². The lowest BCUT2D eigenvalue weighted by Crippen LogP contribution is -2.38. The fraction of sp³-hybridized carbons (Fsp3) is 0.500. The van der Waals surface area contributed by atoms with Gasteiger partial charge < -0.3 is 10.2 Å². The summed E-state index contributed by atoms with van der Waals surface area (Å²) in [5.41, 5.74) is 1.88. The minimum atomic E-state index is -0.209. The van der Waals surface area contributed by atoms with Crippen molar-refractivity contribution in [2.24, 2.45) is 0 Å². The van der Waals surface area contributed by atoms with Crippen LogP contribution in [-0.4, -0.2) is 34.8 Å². The van der Waals surface area contributed by atoms with Crippen LogP contribution in [0.4, 0.5) is 5.13 Å². The molecule has 0 aliphatic carbocycles. The molecule has 0 aliphatic heterocycles. The van der Waals surface area contributed by atoms with Crippen molar-refractivity contribution in [3.63, 3.8) is 0 Å². The molecule has 0 radical (unpaired) electrons. The second-order valence-electron chi connectivity index (χ2n) is 7.06. The zero-order valence-electron chi connectivity index (χ0n) is 17.2. The molecule has 1 aromatic carbocycles. The van der Waals surface area contributed by atoms with Gasteiger partial charge in [0.05, 0.1) is 0 Å². The van der Waals surface area contributed by atoms with Crippen LogP contribution in [0.1, 0.15) is 66.8 Å². The summed E-state index contributed by atoms with van der Waals surface area (Å²) in [4.78, 5) is 32.3. The van der Waals surface area contributed by atoms with Gasteiger partial charge in [-0.2, -0.15) is 0 Å². The average molecular weight is 402 g/mol. The fourth-order valence-corrected chi connectivity index (χ4v) is 3.61. The van der Waals surface area contributed by atoms with Crippen molar-refractivity contribution in [2.75, 3.05) is 18.4 Å². The molecule has 5 nitrogen and oxygen atoms in total. The summed E-state index contributed by atoms with van der Waals surface area (Å²) in [6, 6.07) is 7.79. The van der Waals surface area contributed by atoms with E-state index in [0.717, 1.165) is 43.4 Å². The number of amides is 2. The highest BCUT2D eigenvalue weighted by Crippen LogP contribution is 2.17. The third-order valence-corrected chi connectivity index (χ3v) is 5.37. The number of hydrogen-bond donors (Lipinski definition) is 1. The van der Waals surface area contributed by atoms with Crippen LogP contribution < -0.4 is 5.32 Å². The van der Waals surface area contributed by atoms with E-state index in [1.54, 1.807) is 11.1 Å². The molecule has 0 saturated carbocycles. The van der Waals surface area contributed by atoms with Crippen LogP contribution in [-0.2, 0) is 11.2 Å². The molecule has 0 spiro atoms. The molecule has 0 bridgehead atoms. The summed E-state index contributed by atoms with van der Waals surface area (Å²) < 4.78 is 0. The van der Waals surface area contributed by atoms with E-state index in [2.05, 4.69) is 24.1 Å². The molecule has 0 aliphatic rings. The fourth-order valence-electron chi connectivity index (χ4n) is 2.93. The number of unbranched alkanes of at least 4 members (excludes halogenated alkanes) is 3. The third kappa shape index (κ3) is 7.08. The predicted octanol–water partition coefficient (Wildman–Crippen LogP) is 5.07. The van der Waals surface area contributed by atoms with Crippen LogP contribution in [0, 0.1) is 6.92 Å². The molecule has 0 fully saturated rings. The Balaban J connectivity index is 2.03. The monoisotopic (exact) mass is 401 g/mol. The summed E-state index contributed by atoms with van der Waals surface area (Å²) in [6.07, 6.45) is 8.05. The first kappa shape index (κ1) is 22.1. The molecule has 1 N–H and O–H groups in total. The lowest BCUT2D eigenvalue weighted by atomic mass is 10.1. The number of aryl methyl sites for hydroxylation is 2. The van der Waals surface area contributed by atoms with Gasteiger partial charge in [-0.1, -0.05) is 45.2 Å². The highest BCUT2D eigenvalue weighted by atomic mass is 32.1. The van der Waals surface area contributed by atoms with Crippen molar-refractivity contribution in [3.05, 3.63) is 46.5 Å². The molecule has 0 unspecified atom stereocenters. The largest absolute Gasteiger partial charge is 0.329 e. The highest BCUT2D eigenvalue weighted by molar-refractivity contribution is 7.15. The van der Waals surface area contributed by atoms with Crippen molar-refractivity contribution in [1.82, 2.24) is 9.88 Å². The minimum Gasteiger partial charge on any atom is -0.329 e. The molecule has 152 valence electrons. The third-order valence-electron chi connectivity index (χ3n) is 4.54. The smallest absolute Gasteiger partial charge is 0.254 e. The highest BCUT2D eigenvalue weighted by Gasteiger charge is 2.19. The number of carbonyl (C=O) groups is 2. The van der Waals surface area contributed by atoms with Crippen molar-refractivity contribution in [1.29, 1.82) is 0 Å². The van der Waals surface area contributed by atoms with Crippen molar-refractivity contribution < 1.29 is 9.59 Å². The molecular formula is C22H31N3O2S. The summed E-state index contributed by atoms with van der Waals surface area (Å²) >= 11 is 1.43.